The highest BCUT2D eigenvalue weighted by Crippen LogP contribution is 2.29. The summed E-state index contributed by atoms with van der Waals surface area (Å²) in [7, 11) is 0. The molecule has 0 aromatic heterocycles. The van der Waals surface area contributed by atoms with Crippen LogP contribution < -0.4 is 26.0 Å². The standard InChI is InChI=1S/C49H74N4O25/c1-30(54)72-27-32-3-5-37(76-48-42(60)39(57)36(56)29-74-48)34(25-32)45(62)51-7-12-66-17-19-68-14-9-53(11-16-70-21-22-71-23-24-75-50)10-15-69-20-18-67-13-8-52-46(63)35-26-33(28-73-31(2)55)4-6-38(35)77-49-43(61)40(58)41(59)44(78-49)47(64)65/h3-6,25-26,36,39-44,48-49,56-61H,7-24,27-29,50H2,1-2H3,(H,51,62)(H,52,63)(H,64,65)/t36-,39+,40+,41+,42-,43-,44+,48+,49-/m1/s1. The normalized spacial score (nSPS) is 22.2. The highest BCUT2D eigenvalue weighted by atomic mass is 16.7. The molecule has 2 fully saturated rings. The molecule has 29 heteroatoms. The zero-order valence-electron chi connectivity index (χ0n) is 43.5. The number of hydrogen-bond acceptors (Lipinski definition) is 26. The number of aliphatic hydroxyl groups is 6. The van der Waals surface area contributed by atoms with Crippen molar-refractivity contribution in [3.63, 3.8) is 0 Å². The number of rotatable bonds is 38. The number of benzene rings is 2. The average Bonchev–Trinajstić information content (AvgIpc) is 3.43. The number of ether oxygens (including phenoxy) is 12. The fourth-order valence-corrected chi connectivity index (χ4v) is 7.20. The maximum atomic E-state index is 13.4. The zero-order chi connectivity index (χ0) is 56.8. The first kappa shape index (κ1) is 65.2. The summed E-state index contributed by atoms with van der Waals surface area (Å²) in [6, 6.07) is 8.57. The van der Waals surface area contributed by atoms with Gasteiger partial charge in [0.15, 0.2) is 6.10 Å². The summed E-state index contributed by atoms with van der Waals surface area (Å²) >= 11 is 0. The fraction of sp³-hybridized carbons (Fsp3) is 0.653. The topological polar surface area (TPSA) is 400 Å². The molecule has 0 spiro atoms. The predicted octanol–water partition coefficient (Wildman–Crippen LogP) is -3.65. The number of hydrogen-bond donors (Lipinski definition) is 10. The van der Waals surface area contributed by atoms with E-state index in [1.54, 1.807) is 6.07 Å². The SMILES string of the molecule is CC(=O)OCc1ccc(O[C@@H]2O[C@H](C(=O)O)[C@@H](O)[C@H](O)[C@H]2O)c(C(=O)NCCOCCOCCN(CCOCCOCCNC(=O)c2cc(COC(C)=O)ccc2O[C@@H]2OC[C@@H](O)[C@H](O)[C@H]2O)CCOCCOCCON)c1. The minimum Gasteiger partial charge on any atom is -0.479 e. The van der Waals surface area contributed by atoms with E-state index in [9.17, 15) is 59.7 Å². The Morgan fingerprint density at radius 3 is 1.44 bits per heavy atom. The number of carboxylic acid groups (broad SMARTS) is 1. The number of carboxylic acids is 1. The lowest BCUT2D eigenvalue weighted by molar-refractivity contribution is -0.271. The first-order valence-corrected chi connectivity index (χ1v) is 25.0. The van der Waals surface area contributed by atoms with E-state index in [0.717, 1.165) is 0 Å². The van der Waals surface area contributed by atoms with Crippen LogP contribution in [0.2, 0.25) is 0 Å². The summed E-state index contributed by atoms with van der Waals surface area (Å²) in [5, 5.41) is 75.8. The summed E-state index contributed by atoms with van der Waals surface area (Å²) in [6.07, 6.45) is -15.3. The second-order valence-electron chi connectivity index (χ2n) is 17.3. The van der Waals surface area contributed by atoms with Crippen molar-refractivity contribution >= 4 is 29.7 Å². The van der Waals surface area contributed by atoms with Gasteiger partial charge in [-0.1, -0.05) is 12.1 Å². The van der Waals surface area contributed by atoms with Gasteiger partial charge in [-0.25, -0.2) is 10.7 Å². The summed E-state index contributed by atoms with van der Waals surface area (Å²) in [4.78, 5) is 67.6. The third-order valence-corrected chi connectivity index (χ3v) is 11.4. The molecule has 0 unspecified atom stereocenters. The lowest BCUT2D eigenvalue weighted by atomic mass is 9.99. The number of carbonyl (C=O) groups excluding carboxylic acids is 4. The van der Waals surface area contributed by atoms with Crippen LogP contribution in [-0.2, 0) is 79.8 Å². The number of nitrogens with zero attached hydrogens (tertiary/aromatic N) is 1. The molecule has 0 aliphatic carbocycles. The Morgan fingerprint density at radius 1 is 0.564 bits per heavy atom. The molecule has 440 valence electrons. The first-order valence-electron chi connectivity index (χ1n) is 25.0. The van der Waals surface area contributed by atoms with E-state index in [4.69, 9.17) is 62.7 Å². The maximum absolute atomic E-state index is 13.4. The van der Waals surface area contributed by atoms with Gasteiger partial charge >= 0.3 is 17.9 Å². The molecule has 29 nitrogen and oxygen atoms in total. The van der Waals surface area contributed by atoms with Crippen molar-refractivity contribution in [2.75, 3.05) is 125 Å². The molecule has 0 bridgehead atoms. The predicted molar refractivity (Wildman–Crippen MR) is 263 cm³/mol. The lowest BCUT2D eigenvalue weighted by Crippen LogP contribution is -2.61. The van der Waals surface area contributed by atoms with Gasteiger partial charge in [-0.05, 0) is 35.4 Å². The molecule has 0 radical (unpaired) electrons. The number of aliphatic carboxylic acids is 1. The molecule has 78 heavy (non-hydrogen) atoms. The van der Waals surface area contributed by atoms with Crippen molar-refractivity contribution in [2.45, 2.75) is 82.4 Å². The van der Waals surface area contributed by atoms with Gasteiger partial charge < -0.3 is 108 Å². The Hall–Kier alpha value is -5.29. The largest absolute Gasteiger partial charge is 0.479 e. The molecular formula is C49H74N4O25. The molecule has 2 saturated heterocycles. The zero-order valence-corrected chi connectivity index (χ0v) is 43.5. The molecule has 9 atom stereocenters. The van der Waals surface area contributed by atoms with Crippen LogP contribution in [-0.4, -0.2) is 251 Å². The minimum absolute atomic E-state index is 0.00975. The van der Waals surface area contributed by atoms with Gasteiger partial charge in [-0.2, -0.15) is 0 Å². The molecule has 2 aromatic carbocycles. The second kappa shape index (κ2) is 36.1. The number of aliphatic hydroxyl groups excluding tert-OH is 6. The second-order valence-corrected chi connectivity index (χ2v) is 17.3. The summed E-state index contributed by atoms with van der Waals surface area (Å²) in [5.74, 6) is 0.906. The Labute approximate surface area is 449 Å². The van der Waals surface area contributed by atoms with Crippen molar-refractivity contribution in [1.29, 1.82) is 0 Å². The van der Waals surface area contributed by atoms with E-state index in [0.29, 0.717) is 70.4 Å². The van der Waals surface area contributed by atoms with Gasteiger partial charge in [0.1, 0.15) is 61.3 Å². The highest BCUT2D eigenvalue weighted by Gasteiger charge is 2.48. The first-order chi connectivity index (χ1) is 37.5. The molecule has 0 saturated carbocycles. The van der Waals surface area contributed by atoms with Crippen LogP contribution in [0.15, 0.2) is 36.4 Å². The van der Waals surface area contributed by atoms with Crippen LogP contribution in [0.25, 0.3) is 0 Å². The van der Waals surface area contributed by atoms with Gasteiger partial charge in [0, 0.05) is 46.6 Å². The number of nitrogens with one attached hydrogen (secondary N) is 2. The van der Waals surface area contributed by atoms with Crippen molar-refractivity contribution in [3.8, 4) is 11.5 Å². The van der Waals surface area contributed by atoms with Crippen molar-refractivity contribution in [2.24, 2.45) is 5.90 Å². The maximum Gasteiger partial charge on any atom is 0.335 e. The number of amides is 2. The Kier molecular flexibility index (Phi) is 30.2. The molecule has 2 amide bonds. The van der Waals surface area contributed by atoms with Crippen LogP contribution in [0.4, 0.5) is 0 Å². The number of esters is 2. The molecule has 4 rings (SSSR count). The van der Waals surface area contributed by atoms with Crippen molar-refractivity contribution < 1.29 is 121 Å². The van der Waals surface area contributed by atoms with Crippen molar-refractivity contribution in [1.82, 2.24) is 15.5 Å². The van der Waals surface area contributed by atoms with Gasteiger partial charge in [-0.3, -0.25) is 24.1 Å². The van der Waals surface area contributed by atoms with Crippen LogP contribution in [0.1, 0.15) is 45.7 Å². The van der Waals surface area contributed by atoms with E-state index in [-0.39, 0.29) is 102 Å². The summed E-state index contributed by atoms with van der Waals surface area (Å²) in [6.45, 7) is 7.02. The average molecular weight is 1120 g/mol. The van der Waals surface area contributed by atoms with E-state index in [1.165, 1.54) is 44.2 Å². The molecule has 2 aromatic rings. The molecule has 11 N–H and O–H groups in total. The fourth-order valence-electron chi connectivity index (χ4n) is 7.20. The van der Waals surface area contributed by atoms with Crippen molar-refractivity contribution in [3.05, 3.63) is 58.7 Å². The third kappa shape index (κ3) is 23.2. The van der Waals surface area contributed by atoms with Gasteiger partial charge in [-0.15, -0.1) is 0 Å². The monoisotopic (exact) mass is 1120 g/mol. The molecular weight excluding hydrogens is 1040 g/mol. The molecule has 2 heterocycles. The van der Waals surface area contributed by atoms with Crippen LogP contribution in [0.5, 0.6) is 11.5 Å². The summed E-state index contributed by atoms with van der Waals surface area (Å²) < 4.78 is 66.0. The van der Waals surface area contributed by atoms with E-state index >= 15 is 0 Å². The lowest BCUT2D eigenvalue weighted by Gasteiger charge is -2.38. The molecule has 2 aliphatic heterocycles. The van der Waals surface area contributed by atoms with Crippen LogP contribution >= 0.6 is 0 Å². The number of nitrogens with two attached hydrogens (primary N) is 1. The highest BCUT2D eigenvalue weighted by molar-refractivity contribution is 5.97. The Balaban J connectivity index is 1.16. The van der Waals surface area contributed by atoms with E-state index in [2.05, 4.69) is 20.4 Å². The summed E-state index contributed by atoms with van der Waals surface area (Å²) in [5.41, 5.74) is 0.805. The van der Waals surface area contributed by atoms with Gasteiger partial charge in [0.2, 0.25) is 12.6 Å². The number of carbonyl (C=O) groups is 5. The Bertz CT molecular complexity index is 2130. The van der Waals surface area contributed by atoms with E-state index < -0.39 is 85.0 Å². The minimum atomic E-state index is -1.95. The van der Waals surface area contributed by atoms with Crippen LogP contribution in [0, 0.1) is 0 Å². The molecule has 2 aliphatic rings. The third-order valence-electron chi connectivity index (χ3n) is 11.4. The van der Waals surface area contributed by atoms with Gasteiger partial charge in [0.25, 0.3) is 11.8 Å². The van der Waals surface area contributed by atoms with E-state index in [1.807, 2.05) is 0 Å². The quantitative estimate of drug-likeness (QED) is 0.0176. The van der Waals surface area contributed by atoms with Crippen LogP contribution in [0.3, 0.4) is 0 Å². The Morgan fingerprint density at radius 2 is 0.987 bits per heavy atom. The smallest absolute Gasteiger partial charge is 0.335 e. The van der Waals surface area contributed by atoms with Gasteiger partial charge in [0.05, 0.1) is 104 Å².